The van der Waals surface area contributed by atoms with E-state index in [2.05, 4.69) is 10.2 Å². The number of sulfonamides is 1. The second-order valence-electron chi connectivity index (χ2n) is 6.86. The van der Waals surface area contributed by atoms with Crippen molar-refractivity contribution in [2.45, 2.75) is 6.42 Å². The number of hydrogen-bond donors (Lipinski definition) is 1. The molecule has 0 unspecified atom stereocenters. The molecule has 1 aliphatic rings. The molecule has 1 amide bonds. The van der Waals surface area contributed by atoms with E-state index >= 15 is 0 Å². The van der Waals surface area contributed by atoms with Crippen LogP contribution in [0.5, 0.6) is 0 Å². The highest BCUT2D eigenvalue weighted by atomic mass is 32.2. The van der Waals surface area contributed by atoms with Crippen LogP contribution in [0, 0.1) is 0 Å². The van der Waals surface area contributed by atoms with Crippen LogP contribution in [0.4, 0.5) is 11.4 Å². The number of rotatable bonds is 9. The lowest BCUT2D eigenvalue weighted by Crippen LogP contribution is -2.42. The number of benzene rings is 1. The number of nitrogens with zero attached hydrogens (tertiary/aromatic N) is 3. The van der Waals surface area contributed by atoms with Gasteiger partial charge in [0.25, 0.3) is 0 Å². The summed E-state index contributed by atoms with van der Waals surface area (Å²) in [5.41, 5.74) is 1.32. The van der Waals surface area contributed by atoms with Crippen LogP contribution >= 0.6 is 0 Å². The Morgan fingerprint density at radius 1 is 1.22 bits per heavy atom. The van der Waals surface area contributed by atoms with Gasteiger partial charge in [-0.15, -0.1) is 0 Å². The van der Waals surface area contributed by atoms with Crippen molar-refractivity contribution in [2.75, 3.05) is 75.5 Å². The molecule has 1 heterocycles. The van der Waals surface area contributed by atoms with Crippen LogP contribution in [0.15, 0.2) is 24.3 Å². The maximum Gasteiger partial charge on any atom is 0.240 e. The van der Waals surface area contributed by atoms with E-state index in [4.69, 9.17) is 4.74 Å². The summed E-state index contributed by atoms with van der Waals surface area (Å²) >= 11 is 0. The van der Waals surface area contributed by atoms with Gasteiger partial charge in [-0.25, -0.2) is 8.42 Å². The Labute approximate surface area is 162 Å². The van der Waals surface area contributed by atoms with Gasteiger partial charge in [0.2, 0.25) is 15.9 Å². The summed E-state index contributed by atoms with van der Waals surface area (Å²) < 4.78 is 31.4. The number of hydrogen-bond acceptors (Lipinski definition) is 6. The van der Waals surface area contributed by atoms with E-state index in [1.54, 1.807) is 12.1 Å². The molecule has 1 aliphatic heterocycles. The van der Waals surface area contributed by atoms with Gasteiger partial charge in [-0.1, -0.05) is 12.1 Å². The average molecular weight is 399 g/mol. The SMILES string of the molecule is CN(C)CCCNC(=O)CN(c1ccccc1N1CCOCC1)S(C)(=O)=O. The zero-order valence-corrected chi connectivity index (χ0v) is 17.2. The van der Waals surface area contributed by atoms with E-state index in [0.717, 1.165) is 24.9 Å². The lowest BCUT2D eigenvalue weighted by atomic mass is 10.2. The molecule has 1 fully saturated rings. The van der Waals surface area contributed by atoms with E-state index < -0.39 is 10.0 Å². The van der Waals surface area contributed by atoms with E-state index in [9.17, 15) is 13.2 Å². The topological polar surface area (TPSA) is 82.2 Å². The Hall–Kier alpha value is -1.84. The first-order valence-corrected chi connectivity index (χ1v) is 10.9. The second-order valence-corrected chi connectivity index (χ2v) is 8.77. The van der Waals surface area contributed by atoms with Crippen molar-refractivity contribution in [3.63, 3.8) is 0 Å². The molecule has 1 aromatic rings. The third-order valence-corrected chi connectivity index (χ3v) is 5.42. The van der Waals surface area contributed by atoms with E-state index in [1.807, 2.05) is 31.1 Å². The molecule has 1 N–H and O–H groups in total. The van der Waals surface area contributed by atoms with Crippen LogP contribution in [-0.2, 0) is 19.6 Å². The number of para-hydroxylation sites is 2. The molecule has 2 rings (SSSR count). The molecule has 1 saturated heterocycles. The van der Waals surface area contributed by atoms with Crippen LogP contribution in [0.3, 0.4) is 0 Å². The summed E-state index contributed by atoms with van der Waals surface area (Å²) in [5, 5.41) is 2.80. The van der Waals surface area contributed by atoms with Crippen molar-refractivity contribution < 1.29 is 17.9 Å². The van der Waals surface area contributed by atoms with Crippen molar-refractivity contribution >= 4 is 27.3 Å². The fraction of sp³-hybridized carbons (Fsp3) is 0.611. The Kier molecular flexibility index (Phi) is 7.88. The third kappa shape index (κ3) is 6.67. The highest BCUT2D eigenvalue weighted by Gasteiger charge is 2.25. The molecular weight excluding hydrogens is 368 g/mol. The summed E-state index contributed by atoms with van der Waals surface area (Å²) in [4.78, 5) is 16.5. The normalized spacial score (nSPS) is 15.0. The summed E-state index contributed by atoms with van der Waals surface area (Å²) in [7, 11) is 0.324. The molecule has 152 valence electrons. The number of nitrogens with one attached hydrogen (secondary N) is 1. The minimum Gasteiger partial charge on any atom is -0.378 e. The molecule has 0 aliphatic carbocycles. The van der Waals surface area contributed by atoms with Gasteiger partial charge in [0, 0.05) is 19.6 Å². The first kappa shape index (κ1) is 21.5. The number of anilines is 2. The van der Waals surface area contributed by atoms with Crippen molar-refractivity contribution in [3.8, 4) is 0 Å². The van der Waals surface area contributed by atoms with Gasteiger partial charge in [-0.05, 0) is 39.2 Å². The second kappa shape index (κ2) is 9.91. The largest absolute Gasteiger partial charge is 0.378 e. The van der Waals surface area contributed by atoms with Crippen LogP contribution in [0.2, 0.25) is 0 Å². The van der Waals surface area contributed by atoms with Gasteiger partial charge in [-0.2, -0.15) is 0 Å². The lowest BCUT2D eigenvalue weighted by molar-refractivity contribution is -0.119. The molecule has 0 saturated carbocycles. The van der Waals surface area contributed by atoms with E-state index in [-0.39, 0.29) is 12.5 Å². The Morgan fingerprint density at radius 3 is 2.52 bits per heavy atom. The Balaban J connectivity index is 2.14. The van der Waals surface area contributed by atoms with Crippen LogP contribution in [0.1, 0.15) is 6.42 Å². The minimum atomic E-state index is -3.61. The molecular formula is C18H30N4O4S. The summed E-state index contributed by atoms with van der Waals surface area (Å²) in [5.74, 6) is -0.309. The molecule has 0 spiro atoms. The third-order valence-electron chi connectivity index (χ3n) is 4.29. The number of carbonyl (C=O) groups is 1. The van der Waals surface area contributed by atoms with Gasteiger partial charge in [-0.3, -0.25) is 9.10 Å². The smallest absolute Gasteiger partial charge is 0.240 e. The van der Waals surface area contributed by atoms with Gasteiger partial charge in [0.1, 0.15) is 6.54 Å². The maximum atomic E-state index is 12.4. The van der Waals surface area contributed by atoms with Crippen LogP contribution in [0.25, 0.3) is 0 Å². The fourth-order valence-electron chi connectivity index (χ4n) is 2.94. The number of carbonyl (C=O) groups excluding carboxylic acids is 1. The van der Waals surface area contributed by atoms with Gasteiger partial charge < -0.3 is 19.9 Å². The minimum absolute atomic E-state index is 0.234. The maximum absolute atomic E-state index is 12.4. The number of ether oxygens (including phenoxy) is 1. The van der Waals surface area contributed by atoms with E-state index in [0.29, 0.717) is 38.5 Å². The van der Waals surface area contributed by atoms with E-state index in [1.165, 1.54) is 4.31 Å². The summed E-state index contributed by atoms with van der Waals surface area (Å²) in [6.45, 7) is 3.70. The molecule has 0 aromatic heterocycles. The van der Waals surface area contributed by atoms with Gasteiger partial charge >= 0.3 is 0 Å². The zero-order valence-electron chi connectivity index (χ0n) is 16.3. The first-order chi connectivity index (χ1) is 12.8. The molecule has 8 nitrogen and oxygen atoms in total. The van der Waals surface area contributed by atoms with Gasteiger partial charge in [0.05, 0.1) is 30.8 Å². The standard InChI is InChI=1S/C18H30N4O4S/c1-20(2)10-6-9-19-18(23)15-22(27(3,24)25)17-8-5-4-7-16(17)21-11-13-26-14-12-21/h4-5,7-8H,6,9-15H2,1-3H3,(H,19,23). The van der Waals surface area contributed by atoms with Crippen molar-refractivity contribution in [3.05, 3.63) is 24.3 Å². The molecule has 0 bridgehead atoms. The van der Waals surface area contributed by atoms with Crippen molar-refractivity contribution in [1.82, 2.24) is 10.2 Å². The average Bonchev–Trinajstić information content (AvgIpc) is 2.63. The summed E-state index contributed by atoms with van der Waals surface area (Å²) in [6, 6.07) is 7.28. The van der Waals surface area contributed by atoms with Crippen molar-refractivity contribution in [2.24, 2.45) is 0 Å². The monoisotopic (exact) mass is 398 g/mol. The molecule has 27 heavy (non-hydrogen) atoms. The van der Waals surface area contributed by atoms with Crippen LogP contribution < -0.4 is 14.5 Å². The lowest BCUT2D eigenvalue weighted by Gasteiger charge is -2.33. The molecule has 1 aromatic carbocycles. The van der Waals surface area contributed by atoms with Crippen LogP contribution in [-0.4, -0.2) is 85.5 Å². The number of morpholine rings is 1. The van der Waals surface area contributed by atoms with Gasteiger partial charge in [0.15, 0.2) is 0 Å². The molecule has 9 heteroatoms. The predicted octanol–water partition coefficient (Wildman–Crippen LogP) is 0.357. The summed E-state index contributed by atoms with van der Waals surface area (Å²) in [6.07, 6.45) is 1.93. The highest BCUT2D eigenvalue weighted by molar-refractivity contribution is 7.92. The molecule has 0 atom stereocenters. The highest BCUT2D eigenvalue weighted by Crippen LogP contribution is 2.31. The molecule has 0 radical (unpaired) electrons. The quantitative estimate of drug-likeness (QED) is 0.605. The predicted molar refractivity (Wildman–Crippen MR) is 108 cm³/mol. The first-order valence-electron chi connectivity index (χ1n) is 9.10. The Bertz CT molecular complexity index is 718. The number of amides is 1. The Morgan fingerprint density at radius 2 is 1.89 bits per heavy atom. The fourth-order valence-corrected chi connectivity index (χ4v) is 3.80. The zero-order chi connectivity index (χ0) is 19.9. The van der Waals surface area contributed by atoms with Crippen molar-refractivity contribution in [1.29, 1.82) is 0 Å².